The van der Waals surface area contributed by atoms with Crippen molar-refractivity contribution in [1.29, 1.82) is 0 Å². The second kappa shape index (κ2) is 6.16. The monoisotopic (exact) mass is 276 g/mol. The molecule has 20 heavy (non-hydrogen) atoms. The zero-order chi connectivity index (χ0) is 14.6. The summed E-state index contributed by atoms with van der Waals surface area (Å²) in [5.74, 6) is 0. The number of fused-ring (bicyclic) bond motifs is 1. The molecule has 0 saturated carbocycles. The Balaban J connectivity index is 1.91. The number of aryl methyl sites for hydroxylation is 1. The van der Waals surface area contributed by atoms with Gasteiger partial charge in [0.05, 0.1) is 0 Å². The standard InChI is InChI=1S/C16H24N2O2/c1-16(2,3)20-15(19)18-13-9-6-8-12-7-4-5-10-14(12)17-11-13/h4-5,7,10,13,17H,6,8-9,11H2,1-3H3,(H,18,19)/t13-/m0/s1. The summed E-state index contributed by atoms with van der Waals surface area (Å²) in [4.78, 5) is 11.8. The molecule has 110 valence electrons. The Bertz CT molecular complexity index is 466. The molecular formula is C16H24N2O2. The molecule has 2 rings (SSSR count). The fraction of sp³-hybridized carbons (Fsp3) is 0.562. The molecular weight excluding hydrogens is 252 g/mol. The van der Waals surface area contributed by atoms with Crippen LogP contribution >= 0.6 is 0 Å². The van der Waals surface area contributed by atoms with Crippen LogP contribution < -0.4 is 10.6 Å². The van der Waals surface area contributed by atoms with Gasteiger partial charge in [-0.05, 0) is 51.7 Å². The van der Waals surface area contributed by atoms with Gasteiger partial charge < -0.3 is 15.4 Å². The molecule has 1 aliphatic rings. The Labute approximate surface area is 120 Å². The van der Waals surface area contributed by atoms with E-state index in [1.807, 2.05) is 26.8 Å². The molecule has 1 amide bonds. The maximum Gasteiger partial charge on any atom is 0.407 e. The molecule has 0 radical (unpaired) electrons. The smallest absolute Gasteiger partial charge is 0.407 e. The third-order valence-electron chi connectivity index (χ3n) is 3.28. The quantitative estimate of drug-likeness (QED) is 0.827. The minimum atomic E-state index is -0.453. The number of amides is 1. The van der Waals surface area contributed by atoms with Gasteiger partial charge in [-0.2, -0.15) is 0 Å². The second-order valence-electron chi connectivity index (χ2n) is 6.27. The molecule has 0 unspecified atom stereocenters. The molecule has 4 nitrogen and oxygen atoms in total. The summed E-state index contributed by atoms with van der Waals surface area (Å²) in [5.41, 5.74) is 2.07. The lowest BCUT2D eigenvalue weighted by Crippen LogP contribution is -2.43. The van der Waals surface area contributed by atoms with Crippen molar-refractivity contribution in [1.82, 2.24) is 5.32 Å². The highest BCUT2D eigenvalue weighted by molar-refractivity contribution is 5.68. The second-order valence-corrected chi connectivity index (χ2v) is 6.27. The third-order valence-corrected chi connectivity index (χ3v) is 3.28. The first-order valence-electron chi connectivity index (χ1n) is 7.25. The molecule has 0 aliphatic carbocycles. The normalized spacial score (nSPS) is 19.1. The predicted molar refractivity (Wildman–Crippen MR) is 81.0 cm³/mol. The minimum absolute atomic E-state index is 0.109. The van der Waals surface area contributed by atoms with Gasteiger partial charge in [0, 0.05) is 18.3 Å². The van der Waals surface area contributed by atoms with Gasteiger partial charge in [-0.1, -0.05) is 18.2 Å². The van der Waals surface area contributed by atoms with E-state index in [1.54, 1.807) is 0 Å². The van der Waals surface area contributed by atoms with Gasteiger partial charge in [0.15, 0.2) is 0 Å². The Morgan fingerprint density at radius 3 is 2.85 bits per heavy atom. The van der Waals surface area contributed by atoms with E-state index >= 15 is 0 Å². The van der Waals surface area contributed by atoms with Crippen molar-refractivity contribution in [2.24, 2.45) is 0 Å². The number of carbonyl (C=O) groups is 1. The van der Waals surface area contributed by atoms with Crippen molar-refractivity contribution in [3.8, 4) is 0 Å². The molecule has 0 bridgehead atoms. The number of ether oxygens (including phenoxy) is 1. The van der Waals surface area contributed by atoms with Gasteiger partial charge >= 0.3 is 6.09 Å². The van der Waals surface area contributed by atoms with Crippen LogP contribution in [0.2, 0.25) is 0 Å². The minimum Gasteiger partial charge on any atom is -0.444 e. The van der Waals surface area contributed by atoms with Crippen molar-refractivity contribution in [2.45, 2.75) is 51.7 Å². The summed E-state index contributed by atoms with van der Waals surface area (Å²) >= 11 is 0. The number of para-hydroxylation sites is 1. The highest BCUT2D eigenvalue weighted by atomic mass is 16.6. The molecule has 4 heteroatoms. The van der Waals surface area contributed by atoms with Gasteiger partial charge in [0.2, 0.25) is 0 Å². The molecule has 0 spiro atoms. The first-order chi connectivity index (χ1) is 9.44. The van der Waals surface area contributed by atoms with Crippen LogP contribution in [-0.2, 0) is 11.2 Å². The highest BCUT2D eigenvalue weighted by Gasteiger charge is 2.20. The third kappa shape index (κ3) is 4.44. The molecule has 0 fully saturated rings. The van der Waals surface area contributed by atoms with Crippen LogP contribution in [0.3, 0.4) is 0 Å². The lowest BCUT2D eigenvalue weighted by atomic mass is 10.0. The largest absolute Gasteiger partial charge is 0.444 e. The van der Waals surface area contributed by atoms with Crippen molar-refractivity contribution >= 4 is 11.8 Å². The number of rotatable bonds is 1. The number of hydrogen-bond acceptors (Lipinski definition) is 3. The Hall–Kier alpha value is -1.71. The highest BCUT2D eigenvalue weighted by Crippen LogP contribution is 2.20. The lowest BCUT2D eigenvalue weighted by molar-refractivity contribution is 0.0504. The van der Waals surface area contributed by atoms with E-state index in [2.05, 4.69) is 28.8 Å². The van der Waals surface area contributed by atoms with Crippen LogP contribution in [0.5, 0.6) is 0 Å². The predicted octanol–water partition coefficient (Wildman–Crippen LogP) is 3.33. The Morgan fingerprint density at radius 2 is 2.10 bits per heavy atom. The van der Waals surface area contributed by atoms with E-state index < -0.39 is 5.60 Å². The Kier molecular flexibility index (Phi) is 4.53. The lowest BCUT2D eigenvalue weighted by Gasteiger charge is -2.26. The van der Waals surface area contributed by atoms with Gasteiger partial charge in [0.1, 0.15) is 5.60 Å². The van der Waals surface area contributed by atoms with E-state index in [9.17, 15) is 4.79 Å². The van der Waals surface area contributed by atoms with E-state index in [0.717, 1.165) is 25.8 Å². The number of alkyl carbamates (subject to hydrolysis) is 1. The van der Waals surface area contributed by atoms with Gasteiger partial charge in [0.25, 0.3) is 0 Å². The van der Waals surface area contributed by atoms with E-state index in [0.29, 0.717) is 0 Å². The molecule has 0 saturated heterocycles. The Morgan fingerprint density at radius 1 is 1.35 bits per heavy atom. The maximum absolute atomic E-state index is 11.8. The van der Waals surface area contributed by atoms with E-state index in [4.69, 9.17) is 4.74 Å². The number of anilines is 1. The number of nitrogens with one attached hydrogen (secondary N) is 2. The molecule has 2 N–H and O–H groups in total. The number of carbonyl (C=O) groups excluding carboxylic acids is 1. The zero-order valence-corrected chi connectivity index (χ0v) is 12.5. The first kappa shape index (κ1) is 14.7. The SMILES string of the molecule is CC(C)(C)OC(=O)N[C@H]1CCCc2ccccc2NC1. The topological polar surface area (TPSA) is 50.4 Å². The van der Waals surface area contributed by atoms with Crippen molar-refractivity contribution < 1.29 is 9.53 Å². The van der Waals surface area contributed by atoms with Crippen molar-refractivity contribution in [3.05, 3.63) is 29.8 Å². The van der Waals surface area contributed by atoms with Gasteiger partial charge in [-0.15, -0.1) is 0 Å². The molecule has 1 heterocycles. The summed E-state index contributed by atoms with van der Waals surface area (Å²) in [5, 5.41) is 6.36. The molecule has 1 aliphatic heterocycles. The summed E-state index contributed by atoms with van der Waals surface area (Å²) < 4.78 is 5.30. The maximum atomic E-state index is 11.8. The molecule has 0 aromatic heterocycles. The number of hydrogen-bond donors (Lipinski definition) is 2. The summed E-state index contributed by atoms with van der Waals surface area (Å²) in [6.45, 7) is 6.36. The van der Waals surface area contributed by atoms with Crippen molar-refractivity contribution in [2.75, 3.05) is 11.9 Å². The van der Waals surface area contributed by atoms with Crippen LogP contribution in [-0.4, -0.2) is 24.3 Å². The van der Waals surface area contributed by atoms with E-state index in [-0.39, 0.29) is 12.1 Å². The molecule has 1 aromatic carbocycles. The van der Waals surface area contributed by atoms with Crippen LogP contribution in [0.15, 0.2) is 24.3 Å². The van der Waals surface area contributed by atoms with Crippen LogP contribution in [0.25, 0.3) is 0 Å². The van der Waals surface area contributed by atoms with Crippen LogP contribution in [0.4, 0.5) is 10.5 Å². The zero-order valence-electron chi connectivity index (χ0n) is 12.5. The van der Waals surface area contributed by atoms with Crippen LogP contribution in [0, 0.1) is 0 Å². The fourth-order valence-corrected chi connectivity index (χ4v) is 2.38. The van der Waals surface area contributed by atoms with Crippen LogP contribution in [0.1, 0.15) is 39.2 Å². The average Bonchev–Trinajstić information content (AvgIpc) is 2.31. The summed E-state index contributed by atoms with van der Waals surface area (Å²) in [6.07, 6.45) is 2.73. The molecule has 1 atom stereocenters. The van der Waals surface area contributed by atoms with Crippen molar-refractivity contribution in [3.63, 3.8) is 0 Å². The number of benzene rings is 1. The summed E-state index contributed by atoms with van der Waals surface area (Å²) in [7, 11) is 0. The summed E-state index contributed by atoms with van der Waals surface area (Å²) in [6, 6.07) is 8.45. The first-order valence-corrected chi connectivity index (χ1v) is 7.25. The van der Waals surface area contributed by atoms with Gasteiger partial charge in [-0.25, -0.2) is 4.79 Å². The fourth-order valence-electron chi connectivity index (χ4n) is 2.38. The van der Waals surface area contributed by atoms with Gasteiger partial charge in [-0.3, -0.25) is 0 Å². The average molecular weight is 276 g/mol. The van der Waals surface area contributed by atoms with E-state index in [1.165, 1.54) is 11.3 Å². The molecule has 1 aromatic rings.